The zero-order valence-electron chi connectivity index (χ0n) is 6.96. The van der Waals surface area contributed by atoms with Crippen molar-refractivity contribution in [2.24, 2.45) is 7.05 Å². The van der Waals surface area contributed by atoms with E-state index in [-0.39, 0.29) is 24.0 Å². The smallest absolute Gasteiger partial charge is 0.105 e. The molecule has 1 aromatic rings. The lowest BCUT2D eigenvalue weighted by Gasteiger charge is -1.87. The Balaban J connectivity index is 0. The van der Waals surface area contributed by atoms with E-state index in [0.29, 0.717) is 0 Å². The third-order valence-corrected chi connectivity index (χ3v) is 1.06. The highest BCUT2D eigenvalue weighted by Gasteiger charge is 1.83. The zero-order valence-corrected chi connectivity index (χ0v) is 9.29. The molecule has 10 heavy (non-hydrogen) atoms. The van der Waals surface area contributed by atoms with Gasteiger partial charge in [-0.15, -0.1) is 24.0 Å². The highest BCUT2D eigenvalue weighted by Crippen LogP contribution is 1.86. The van der Waals surface area contributed by atoms with Crippen LogP contribution in [0.5, 0.6) is 0 Å². The van der Waals surface area contributed by atoms with Crippen LogP contribution in [0.3, 0.4) is 0 Å². The van der Waals surface area contributed by atoms with Crippen LogP contribution in [-0.4, -0.2) is 9.55 Å². The molecule has 0 saturated carbocycles. The third-order valence-electron chi connectivity index (χ3n) is 1.06. The van der Waals surface area contributed by atoms with Crippen molar-refractivity contribution in [1.82, 2.24) is 9.55 Å². The lowest BCUT2D eigenvalue weighted by Crippen LogP contribution is -1.86. The summed E-state index contributed by atoms with van der Waals surface area (Å²) in [6.07, 6.45) is 3.71. The SMILES string of the molecule is CC.Cc1nccn1C.I. The highest BCUT2D eigenvalue weighted by atomic mass is 127. The number of aryl methyl sites for hydroxylation is 2. The molecule has 2 nitrogen and oxygen atoms in total. The first-order chi connectivity index (χ1) is 4.30. The normalized spacial score (nSPS) is 7.20. The number of imidazole rings is 1. The molecule has 0 radical (unpaired) electrons. The van der Waals surface area contributed by atoms with E-state index in [0.717, 1.165) is 5.82 Å². The molecule has 0 spiro atoms. The second-order valence-electron chi connectivity index (χ2n) is 1.59. The van der Waals surface area contributed by atoms with Crippen LogP contribution in [0, 0.1) is 6.92 Å². The van der Waals surface area contributed by atoms with E-state index in [1.165, 1.54) is 0 Å². The van der Waals surface area contributed by atoms with Crippen molar-refractivity contribution in [3.05, 3.63) is 18.2 Å². The van der Waals surface area contributed by atoms with Crippen LogP contribution < -0.4 is 0 Å². The van der Waals surface area contributed by atoms with Gasteiger partial charge in [0, 0.05) is 19.4 Å². The molecule has 0 unspecified atom stereocenters. The molecule has 0 fully saturated rings. The highest BCUT2D eigenvalue weighted by molar-refractivity contribution is 14.0. The van der Waals surface area contributed by atoms with Crippen LogP contribution in [0.2, 0.25) is 0 Å². The molecule has 1 heterocycles. The van der Waals surface area contributed by atoms with Crippen molar-refractivity contribution in [2.75, 3.05) is 0 Å². The maximum atomic E-state index is 3.98. The van der Waals surface area contributed by atoms with Crippen molar-refractivity contribution < 1.29 is 0 Å². The van der Waals surface area contributed by atoms with Crippen molar-refractivity contribution in [3.8, 4) is 0 Å². The van der Waals surface area contributed by atoms with Gasteiger partial charge >= 0.3 is 0 Å². The van der Waals surface area contributed by atoms with E-state index in [9.17, 15) is 0 Å². The molecule has 0 atom stereocenters. The van der Waals surface area contributed by atoms with E-state index < -0.39 is 0 Å². The first-order valence-corrected chi connectivity index (χ1v) is 3.24. The van der Waals surface area contributed by atoms with E-state index in [1.54, 1.807) is 6.20 Å². The van der Waals surface area contributed by atoms with Crippen molar-refractivity contribution in [2.45, 2.75) is 20.8 Å². The molecule has 0 aromatic carbocycles. The lowest BCUT2D eigenvalue weighted by molar-refractivity contribution is 0.858. The molecule has 1 aromatic heterocycles. The number of rotatable bonds is 0. The van der Waals surface area contributed by atoms with Gasteiger partial charge in [0.15, 0.2) is 0 Å². The molecule has 0 saturated heterocycles. The maximum absolute atomic E-state index is 3.98. The first-order valence-electron chi connectivity index (χ1n) is 3.24. The van der Waals surface area contributed by atoms with Gasteiger partial charge in [-0.05, 0) is 6.92 Å². The predicted molar refractivity (Wildman–Crippen MR) is 54.7 cm³/mol. The van der Waals surface area contributed by atoms with Crippen molar-refractivity contribution in [1.29, 1.82) is 0 Å². The van der Waals surface area contributed by atoms with E-state index >= 15 is 0 Å². The molecule has 0 aliphatic heterocycles. The minimum atomic E-state index is 0. The summed E-state index contributed by atoms with van der Waals surface area (Å²) in [6, 6.07) is 0. The number of aromatic nitrogens is 2. The number of hydrogen-bond donors (Lipinski definition) is 0. The largest absolute Gasteiger partial charge is 0.338 e. The summed E-state index contributed by atoms with van der Waals surface area (Å²) in [7, 11) is 1.97. The first kappa shape index (κ1) is 12.6. The Hall–Kier alpha value is -0.0600. The van der Waals surface area contributed by atoms with Crippen LogP contribution >= 0.6 is 24.0 Å². The molecule has 0 bridgehead atoms. The molecule has 60 valence electrons. The second kappa shape index (κ2) is 7.05. The summed E-state index contributed by atoms with van der Waals surface area (Å²) in [5, 5.41) is 0. The monoisotopic (exact) mass is 254 g/mol. The van der Waals surface area contributed by atoms with Gasteiger partial charge in [-0.2, -0.15) is 0 Å². The van der Waals surface area contributed by atoms with Crippen LogP contribution in [-0.2, 0) is 7.05 Å². The molecule has 1 rings (SSSR count). The van der Waals surface area contributed by atoms with Gasteiger partial charge < -0.3 is 4.57 Å². The van der Waals surface area contributed by atoms with Crippen molar-refractivity contribution >= 4 is 24.0 Å². The standard InChI is InChI=1S/C5H8N2.C2H6.HI/c1-5-6-3-4-7(5)2;1-2;/h3-4H,1-2H3;1-2H3;1H. The molecular formula is C7H15IN2. The van der Waals surface area contributed by atoms with Crippen LogP contribution in [0.15, 0.2) is 12.4 Å². The zero-order chi connectivity index (χ0) is 7.28. The summed E-state index contributed by atoms with van der Waals surface area (Å²) >= 11 is 0. The topological polar surface area (TPSA) is 17.8 Å². The number of nitrogens with zero attached hydrogens (tertiary/aromatic N) is 2. The van der Waals surface area contributed by atoms with Crippen LogP contribution in [0.25, 0.3) is 0 Å². The Bertz CT molecular complexity index is 144. The van der Waals surface area contributed by atoms with Gasteiger partial charge in [0.05, 0.1) is 0 Å². The van der Waals surface area contributed by atoms with Gasteiger partial charge in [-0.25, -0.2) is 4.98 Å². The molecule has 0 amide bonds. The predicted octanol–water partition coefficient (Wildman–Crippen LogP) is 2.37. The molecule has 0 aliphatic rings. The summed E-state index contributed by atoms with van der Waals surface area (Å²) < 4.78 is 1.97. The fraction of sp³-hybridized carbons (Fsp3) is 0.571. The van der Waals surface area contributed by atoms with Gasteiger partial charge in [0.1, 0.15) is 5.82 Å². The Kier molecular flexibility index (Phi) is 8.89. The summed E-state index contributed by atoms with van der Waals surface area (Å²) in [5.41, 5.74) is 0. The van der Waals surface area contributed by atoms with E-state index in [2.05, 4.69) is 4.98 Å². The van der Waals surface area contributed by atoms with Gasteiger partial charge in [0.25, 0.3) is 0 Å². The molecule has 3 heteroatoms. The average molecular weight is 254 g/mol. The quantitative estimate of drug-likeness (QED) is 0.650. The summed E-state index contributed by atoms with van der Waals surface area (Å²) in [4.78, 5) is 3.98. The van der Waals surface area contributed by atoms with E-state index in [4.69, 9.17) is 0 Å². The van der Waals surface area contributed by atoms with Crippen molar-refractivity contribution in [3.63, 3.8) is 0 Å². The Labute approximate surface area is 79.7 Å². The fourth-order valence-electron chi connectivity index (χ4n) is 0.440. The van der Waals surface area contributed by atoms with Gasteiger partial charge in [-0.1, -0.05) is 13.8 Å². The molecule has 0 aliphatic carbocycles. The Morgan fingerprint density at radius 3 is 2.00 bits per heavy atom. The molecular weight excluding hydrogens is 239 g/mol. The van der Waals surface area contributed by atoms with Gasteiger partial charge in [-0.3, -0.25) is 0 Å². The lowest BCUT2D eigenvalue weighted by atomic mass is 10.7. The molecule has 0 N–H and O–H groups in total. The maximum Gasteiger partial charge on any atom is 0.105 e. The minimum absolute atomic E-state index is 0. The van der Waals surface area contributed by atoms with Gasteiger partial charge in [0.2, 0.25) is 0 Å². The number of hydrogen-bond acceptors (Lipinski definition) is 1. The number of halogens is 1. The fourth-order valence-corrected chi connectivity index (χ4v) is 0.440. The van der Waals surface area contributed by atoms with Crippen LogP contribution in [0.4, 0.5) is 0 Å². The minimum Gasteiger partial charge on any atom is -0.338 e. The summed E-state index contributed by atoms with van der Waals surface area (Å²) in [5.74, 6) is 1.06. The van der Waals surface area contributed by atoms with Crippen LogP contribution in [0.1, 0.15) is 19.7 Å². The Morgan fingerprint density at radius 1 is 1.40 bits per heavy atom. The van der Waals surface area contributed by atoms with E-state index in [1.807, 2.05) is 38.6 Å². The average Bonchev–Trinajstić information content (AvgIpc) is 2.23. The summed E-state index contributed by atoms with van der Waals surface area (Å²) in [6.45, 7) is 5.97. The third kappa shape index (κ3) is 3.87. The second-order valence-corrected chi connectivity index (χ2v) is 1.59. The Morgan fingerprint density at radius 2 is 1.90 bits per heavy atom.